The maximum absolute atomic E-state index is 11.4. The van der Waals surface area contributed by atoms with Gasteiger partial charge in [0.25, 0.3) is 0 Å². The molecular weight excluding hydrogens is 202 g/mol. The average molecular weight is 229 g/mol. The van der Waals surface area contributed by atoms with Crippen molar-refractivity contribution in [1.29, 1.82) is 0 Å². The SMILES string of the molecule is CN(C)CCCCNCC(=O)NC(C)(C)C. The molecule has 0 bridgehead atoms. The third-order valence-corrected chi connectivity index (χ3v) is 2.01. The first-order valence-corrected chi connectivity index (χ1v) is 5.98. The van der Waals surface area contributed by atoms with Gasteiger partial charge in [0, 0.05) is 5.54 Å². The summed E-state index contributed by atoms with van der Waals surface area (Å²) in [5.74, 6) is 0.0695. The summed E-state index contributed by atoms with van der Waals surface area (Å²) in [6.45, 7) is 8.40. The summed E-state index contributed by atoms with van der Waals surface area (Å²) in [7, 11) is 4.15. The van der Waals surface area contributed by atoms with E-state index in [9.17, 15) is 4.79 Å². The van der Waals surface area contributed by atoms with Crippen molar-refractivity contribution in [3.8, 4) is 0 Å². The largest absolute Gasteiger partial charge is 0.350 e. The number of unbranched alkanes of at least 4 members (excludes halogenated alkanes) is 1. The molecule has 0 rings (SSSR count). The third kappa shape index (κ3) is 11.5. The monoisotopic (exact) mass is 229 g/mol. The van der Waals surface area contributed by atoms with E-state index in [0.29, 0.717) is 6.54 Å². The maximum atomic E-state index is 11.4. The lowest BCUT2D eigenvalue weighted by Gasteiger charge is -2.20. The Morgan fingerprint density at radius 1 is 1.19 bits per heavy atom. The van der Waals surface area contributed by atoms with E-state index in [4.69, 9.17) is 0 Å². The molecule has 96 valence electrons. The maximum Gasteiger partial charge on any atom is 0.234 e. The third-order valence-electron chi connectivity index (χ3n) is 2.01. The second-order valence-corrected chi connectivity index (χ2v) is 5.49. The van der Waals surface area contributed by atoms with Gasteiger partial charge >= 0.3 is 0 Å². The highest BCUT2D eigenvalue weighted by Crippen LogP contribution is 1.97. The number of carbonyl (C=O) groups excluding carboxylic acids is 1. The van der Waals surface area contributed by atoms with Crippen LogP contribution in [0.5, 0.6) is 0 Å². The molecule has 4 nitrogen and oxygen atoms in total. The molecule has 0 aliphatic carbocycles. The molecule has 0 atom stereocenters. The molecule has 0 saturated heterocycles. The Morgan fingerprint density at radius 3 is 2.31 bits per heavy atom. The number of amides is 1. The molecule has 0 aromatic carbocycles. The Balaban J connectivity index is 3.35. The minimum absolute atomic E-state index is 0.0695. The smallest absolute Gasteiger partial charge is 0.234 e. The Bertz CT molecular complexity index is 197. The summed E-state index contributed by atoms with van der Waals surface area (Å²) in [6, 6.07) is 0. The van der Waals surface area contributed by atoms with E-state index < -0.39 is 0 Å². The van der Waals surface area contributed by atoms with Crippen molar-refractivity contribution in [1.82, 2.24) is 15.5 Å². The second-order valence-electron chi connectivity index (χ2n) is 5.49. The molecule has 0 spiro atoms. The molecule has 0 aliphatic heterocycles. The van der Waals surface area contributed by atoms with Crippen molar-refractivity contribution in [2.45, 2.75) is 39.2 Å². The van der Waals surface area contributed by atoms with Crippen LogP contribution in [0.25, 0.3) is 0 Å². The minimum atomic E-state index is -0.135. The number of rotatable bonds is 7. The minimum Gasteiger partial charge on any atom is -0.350 e. The van der Waals surface area contributed by atoms with E-state index >= 15 is 0 Å². The van der Waals surface area contributed by atoms with Crippen LogP contribution >= 0.6 is 0 Å². The number of nitrogens with one attached hydrogen (secondary N) is 2. The fourth-order valence-corrected chi connectivity index (χ4v) is 1.34. The summed E-state index contributed by atoms with van der Waals surface area (Å²) in [6.07, 6.45) is 2.28. The summed E-state index contributed by atoms with van der Waals surface area (Å²) >= 11 is 0. The number of hydrogen-bond acceptors (Lipinski definition) is 3. The van der Waals surface area contributed by atoms with Crippen LogP contribution in [0.1, 0.15) is 33.6 Å². The van der Waals surface area contributed by atoms with Gasteiger partial charge in [0.2, 0.25) is 5.91 Å². The second kappa shape index (κ2) is 7.63. The predicted octanol–water partition coefficient (Wildman–Crippen LogP) is 0.833. The lowest BCUT2D eigenvalue weighted by Crippen LogP contribution is -2.45. The average Bonchev–Trinajstić information content (AvgIpc) is 2.07. The quantitative estimate of drug-likeness (QED) is 0.636. The fourth-order valence-electron chi connectivity index (χ4n) is 1.34. The van der Waals surface area contributed by atoms with Crippen molar-refractivity contribution >= 4 is 5.91 Å². The summed E-state index contributed by atoms with van der Waals surface area (Å²) in [5, 5.41) is 6.07. The van der Waals surface area contributed by atoms with Gasteiger partial charge in [-0.2, -0.15) is 0 Å². The van der Waals surface area contributed by atoms with Gasteiger partial charge in [0.15, 0.2) is 0 Å². The van der Waals surface area contributed by atoms with Crippen molar-refractivity contribution < 1.29 is 4.79 Å². The van der Waals surface area contributed by atoms with Crippen molar-refractivity contribution in [2.75, 3.05) is 33.7 Å². The molecule has 0 unspecified atom stereocenters. The van der Waals surface area contributed by atoms with Gasteiger partial charge in [-0.15, -0.1) is 0 Å². The van der Waals surface area contributed by atoms with Gasteiger partial charge in [0.1, 0.15) is 0 Å². The normalized spacial score (nSPS) is 11.9. The first kappa shape index (κ1) is 15.4. The molecule has 16 heavy (non-hydrogen) atoms. The van der Waals surface area contributed by atoms with Crippen LogP contribution in [-0.2, 0) is 4.79 Å². The first-order chi connectivity index (χ1) is 7.31. The topological polar surface area (TPSA) is 44.4 Å². The molecule has 0 aliphatic rings. The van der Waals surface area contributed by atoms with Crippen LogP contribution in [0.2, 0.25) is 0 Å². The fraction of sp³-hybridized carbons (Fsp3) is 0.917. The lowest BCUT2D eigenvalue weighted by molar-refractivity contribution is -0.121. The molecule has 0 radical (unpaired) electrons. The van der Waals surface area contributed by atoms with Crippen LogP contribution < -0.4 is 10.6 Å². The van der Waals surface area contributed by atoms with Crippen LogP contribution in [0.15, 0.2) is 0 Å². The highest BCUT2D eigenvalue weighted by molar-refractivity contribution is 5.78. The zero-order valence-corrected chi connectivity index (χ0v) is 11.4. The van der Waals surface area contributed by atoms with E-state index in [0.717, 1.165) is 19.5 Å². The van der Waals surface area contributed by atoms with Gasteiger partial charge in [-0.3, -0.25) is 4.79 Å². The number of nitrogens with zero attached hydrogens (tertiary/aromatic N) is 1. The molecule has 2 N–H and O–H groups in total. The van der Waals surface area contributed by atoms with Crippen LogP contribution in [-0.4, -0.2) is 50.1 Å². The molecule has 0 aromatic heterocycles. The van der Waals surface area contributed by atoms with Crippen molar-refractivity contribution in [3.63, 3.8) is 0 Å². The number of hydrogen-bond donors (Lipinski definition) is 2. The molecule has 1 amide bonds. The lowest BCUT2D eigenvalue weighted by atomic mass is 10.1. The van der Waals surface area contributed by atoms with Gasteiger partial charge in [-0.05, 0) is 60.8 Å². The Morgan fingerprint density at radius 2 is 1.81 bits per heavy atom. The molecule has 0 aromatic rings. The van der Waals surface area contributed by atoms with Crippen LogP contribution in [0.3, 0.4) is 0 Å². The van der Waals surface area contributed by atoms with Gasteiger partial charge < -0.3 is 15.5 Å². The highest BCUT2D eigenvalue weighted by atomic mass is 16.2. The molecule has 0 fully saturated rings. The predicted molar refractivity (Wildman–Crippen MR) is 68.6 cm³/mol. The molecule has 4 heteroatoms. The standard InChI is InChI=1S/C12H27N3O/c1-12(2,3)14-11(16)10-13-8-6-7-9-15(4)5/h13H,6-10H2,1-5H3,(H,14,16). The van der Waals surface area contributed by atoms with E-state index in [1.165, 1.54) is 6.42 Å². The van der Waals surface area contributed by atoms with E-state index in [1.54, 1.807) is 0 Å². The van der Waals surface area contributed by atoms with E-state index in [2.05, 4.69) is 29.6 Å². The van der Waals surface area contributed by atoms with Crippen LogP contribution in [0, 0.1) is 0 Å². The summed E-state index contributed by atoms with van der Waals surface area (Å²) in [5.41, 5.74) is -0.135. The summed E-state index contributed by atoms with van der Waals surface area (Å²) < 4.78 is 0. The van der Waals surface area contributed by atoms with Crippen molar-refractivity contribution in [3.05, 3.63) is 0 Å². The Labute approximate surface area is 99.8 Å². The zero-order valence-electron chi connectivity index (χ0n) is 11.4. The van der Waals surface area contributed by atoms with Gasteiger partial charge in [-0.25, -0.2) is 0 Å². The van der Waals surface area contributed by atoms with E-state index in [1.807, 2.05) is 20.8 Å². The zero-order chi connectivity index (χ0) is 12.6. The Kier molecular flexibility index (Phi) is 7.34. The van der Waals surface area contributed by atoms with E-state index in [-0.39, 0.29) is 11.4 Å². The molecule has 0 heterocycles. The summed E-state index contributed by atoms with van der Waals surface area (Å²) in [4.78, 5) is 13.6. The van der Waals surface area contributed by atoms with Gasteiger partial charge in [0.05, 0.1) is 6.54 Å². The first-order valence-electron chi connectivity index (χ1n) is 5.98. The number of carbonyl (C=O) groups is 1. The Hall–Kier alpha value is -0.610. The van der Waals surface area contributed by atoms with Crippen molar-refractivity contribution in [2.24, 2.45) is 0 Å². The molecular formula is C12H27N3O. The molecule has 0 saturated carbocycles. The van der Waals surface area contributed by atoms with Gasteiger partial charge in [-0.1, -0.05) is 0 Å². The highest BCUT2D eigenvalue weighted by Gasteiger charge is 2.12. The van der Waals surface area contributed by atoms with Crippen LogP contribution in [0.4, 0.5) is 0 Å².